The number of nitrogens with zero attached hydrogens (tertiary/aromatic N) is 1. The van der Waals surface area contributed by atoms with Crippen LogP contribution in [-0.4, -0.2) is 10.2 Å². The fraction of sp³-hybridized carbons (Fsp3) is 0.462. The third kappa shape index (κ3) is 4.15. The highest BCUT2D eigenvalue weighted by Crippen LogP contribution is 2.12. The molecule has 1 aromatic heterocycles. The standard InChI is InChI=1S/C8H8N2.C3H8.C2H6.H2/c1-6-7-4-2-3-5-8(7)10-9-6;1-3-2;1-2;/h2-5H,1H3,(H,9,10);3H2,1-2H3;1-2H3;1H. The molecule has 0 saturated heterocycles. The summed E-state index contributed by atoms with van der Waals surface area (Å²) in [4.78, 5) is 0. The molecule has 0 fully saturated rings. The van der Waals surface area contributed by atoms with E-state index in [0.29, 0.717) is 0 Å². The van der Waals surface area contributed by atoms with Crippen LogP contribution < -0.4 is 0 Å². The fourth-order valence-corrected chi connectivity index (χ4v) is 1.09. The quantitative estimate of drug-likeness (QED) is 0.675. The van der Waals surface area contributed by atoms with E-state index < -0.39 is 0 Å². The average Bonchev–Trinajstić information content (AvgIpc) is 2.65. The zero-order chi connectivity index (χ0) is 11.7. The highest BCUT2D eigenvalue weighted by atomic mass is 15.1. The molecule has 0 saturated carbocycles. The minimum Gasteiger partial charge on any atom is -0.282 e. The Morgan fingerprint density at radius 2 is 1.73 bits per heavy atom. The number of H-pyrrole nitrogens is 1. The van der Waals surface area contributed by atoms with Gasteiger partial charge in [-0.05, 0) is 13.0 Å². The number of para-hydroxylation sites is 1. The Morgan fingerprint density at radius 3 is 2.27 bits per heavy atom. The van der Waals surface area contributed by atoms with E-state index in [1.807, 2.05) is 39.0 Å². The maximum Gasteiger partial charge on any atom is 0.0923 e. The van der Waals surface area contributed by atoms with Crippen molar-refractivity contribution in [2.75, 3.05) is 0 Å². The summed E-state index contributed by atoms with van der Waals surface area (Å²) in [5.74, 6) is 0. The summed E-state index contributed by atoms with van der Waals surface area (Å²) in [6.45, 7) is 10.3. The van der Waals surface area contributed by atoms with Crippen molar-refractivity contribution in [3.05, 3.63) is 30.0 Å². The van der Waals surface area contributed by atoms with Gasteiger partial charge in [0.1, 0.15) is 0 Å². The first-order valence-electron chi connectivity index (χ1n) is 5.69. The Labute approximate surface area is 94.2 Å². The van der Waals surface area contributed by atoms with E-state index in [1.165, 1.54) is 11.8 Å². The van der Waals surface area contributed by atoms with E-state index >= 15 is 0 Å². The minimum absolute atomic E-state index is 0. The third-order valence-corrected chi connectivity index (χ3v) is 1.65. The summed E-state index contributed by atoms with van der Waals surface area (Å²) in [6, 6.07) is 8.07. The van der Waals surface area contributed by atoms with Gasteiger partial charge in [-0.2, -0.15) is 5.10 Å². The SMILES string of the molecule is CC.CCC.Cc1[nH]nc2ccccc12.[HH]. The van der Waals surface area contributed by atoms with Crippen LogP contribution in [0.3, 0.4) is 0 Å². The number of aryl methyl sites for hydroxylation is 1. The zero-order valence-electron chi connectivity index (χ0n) is 10.5. The molecule has 0 spiro atoms. The molecule has 1 N–H and O–H groups in total. The molecule has 0 amide bonds. The number of benzene rings is 1. The van der Waals surface area contributed by atoms with Gasteiger partial charge in [-0.25, -0.2) is 0 Å². The summed E-state index contributed by atoms with van der Waals surface area (Å²) in [7, 11) is 0. The van der Waals surface area contributed by atoms with Crippen molar-refractivity contribution in [1.29, 1.82) is 0 Å². The highest BCUT2D eigenvalue weighted by molar-refractivity contribution is 5.80. The van der Waals surface area contributed by atoms with Crippen molar-refractivity contribution < 1.29 is 1.43 Å². The van der Waals surface area contributed by atoms with Gasteiger partial charge in [0.2, 0.25) is 0 Å². The smallest absolute Gasteiger partial charge is 0.0923 e. The van der Waals surface area contributed by atoms with Gasteiger partial charge >= 0.3 is 0 Å². The fourth-order valence-electron chi connectivity index (χ4n) is 1.09. The van der Waals surface area contributed by atoms with Gasteiger partial charge in [-0.1, -0.05) is 52.3 Å². The number of hydrogen-bond acceptors (Lipinski definition) is 1. The summed E-state index contributed by atoms with van der Waals surface area (Å²) in [5, 5.41) is 8.23. The minimum atomic E-state index is 0. The molecule has 2 aromatic rings. The first-order chi connectivity index (χ1) is 7.29. The Morgan fingerprint density at radius 1 is 1.20 bits per heavy atom. The normalized spacial score (nSPS) is 8.60. The van der Waals surface area contributed by atoms with E-state index in [1.54, 1.807) is 0 Å². The number of aromatic nitrogens is 2. The molecule has 0 aliphatic carbocycles. The summed E-state index contributed by atoms with van der Waals surface area (Å²) < 4.78 is 0. The topological polar surface area (TPSA) is 28.7 Å². The number of fused-ring (bicyclic) bond motifs is 1. The lowest BCUT2D eigenvalue weighted by atomic mass is 10.2. The van der Waals surface area contributed by atoms with Gasteiger partial charge in [0, 0.05) is 12.5 Å². The molecule has 0 radical (unpaired) electrons. The third-order valence-electron chi connectivity index (χ3n) is 1.65. The Hall–Kier alpha value is -1.31. The molecule has 2 nitrogen and oxygen atoms in total. The van der Waals surface area contributed by atoms with E-state index in [9.17, 15) is 0 Å². The van der Waals surface area contributed by atoms with Crippen LogP contribution >= 0.6 is 0 Å². The van der Waals surface area contributed by atoms with Gasteiger partial charge in [0.15, 0.2) is 0 Å². The van der Waals surface area contributed by atoms with Crippen molar-refractivity contribution in [1.82, 2.24) is 10.2 Å². The number of aromatic amines is 1. The first kappa shape index (κ1) is 13.7. The molecule has 2 heteroatoms. The van der Waals surface area contributed by atoms with Crippen LogP contribution in [0.15, 0.2) is 24.3 Å². The van der Waals surface area contributed by atoms with Gasteiger partial charge in [-0.3, -0.25) is 5.10 Å². The molecular weight excluding hydrogens is 184 g/mol. The van der Waals surface area contributed by atoms with Gasteiger partial charge in [0.05, 0.1) is 5.52 Å². The average molecular weight is 208 g/mol. The van der Waals surface area contributed by atoms with Crippen LogP contribution in [0.5, 0.6) is 0 Å². The van der Waals surface area contributed by atoms with Crippen LogP contribution in [0.25, 0.3) is 10.9 Å². The van der Waals surface area contributed by atoms with Crippen molar-refractivity contribution in [2.45, 2.75) is 41.0 Å². The lowest BCUT2D eigenvalue weighted by molar-refractivity contribution is 1.07. The van der Waals surface area contributed by atoms with E-state index in [-0.39, 0.29) is 1.43 Å². The number of hydrogen-bond donors (Lipinski definition) is 1. The molecule has 1 aromatic carbocycles. The van der Waals surface area contributed by atoms with Crippen LogP contribution in [0.2, 0.25) is 0 Å². The summed E-state index contributed by atoms with van der Waals surface area (Å²) in [5.41, 5.74) is 2.18. The molecule has 0 atom stereocenters. The first-order valence-corrected chi connectivity index (χ1v) is 5.69. The Kier molecular flexibility index (Phi) is 7.33. The lowest BCUT2D eigenvalue weighted by Crippen LogP contribution is -1.67. The predicted molar refractivity (Wildman–Crippen MR) is 70.3 cm³/mol. The van der Waals surface area contributed by atoms with Crippen molar-refractivity contribution in [2.24, 2.45) is 0 Å². The lowest BCUT2D eigenvalue weighted by Gasteiger charge is -1.84. The highest BCUT2D eigenvalue weighted by Gasteiger charge is 1.96. The summed E-state index contributed by atoms with van der Waals surface area (Å²) >= 11 is 0. The Balaban J connectivity index is 0. The zero-order valence-corrected chi connectivity index (χ0v) is 10.5. The van der Waals surface area contributed by atoms with Crippen molar-refractivity contribution >= 4 is 10.9 Å². The van der Waals surface area contributed by atoms with Crippen molar-refractivity contribution in [3.63, 3.8) is 0 Å². The molecule has 0 aliphatic heterocycles. The van der Waals surface area contributed by atoms with Gasteiger partial charge < -0.3 is 0 Å². The molecule has 15 heavy (non-hydrogen) atoms. The second-order valence-electron chi connectivity index (χ2n) is 3.07. The van der Waals surface area contributed by atoms with Gasteiger partial charge in [-0.15, -0.1) is 0 Å². The molecule has 0 aliphatic rings. The van der Waals surface area contributed by atoms with E-state index in [0.717, 1.165) is 11.2 Å². The second kappa shape index (κ2) is 8.04. The Bertz CT molecular complexity index is 369. The number of rotatable bonds is 0. The summed E-state index contributed by atoms with van der Waals surface area (Å²) in [6.07, 6.45) is 1.25. The molecule has 2 rings (SSSR count). The second-order valence-corrected chi connectivity index (χ2v) is 3.07. The van der Waals surface area contributed by atoms with Crippen LogP contribution in [0.1, 0.15) is 41.2 Å². The number of nitrogens with one attached hydrogen (secondary N) is 1. The molecule has 86 valence electrons. The largest absolute Gasteiger partial charge is 0.282 e. The maximum absolute atomic E-state index is 4.09. The molecule has 0 bridgehead atoms. The predicted octanol–water partition coefficient (Wildman–Crippen LogP) is 4.56. The monoisotopic (exact) mass is 208 g/mol. The van der Waals surface area contributed by atoms with Crippen LogP contribution in [-0.2, 0) is 0 Å². The van der Waals surface area contributed by atoms with Crippen LogP contribution in [0.4, 0.5) is 0 Å². The van der Waals surface area contributed by atoms with Crippen LogP contribution in [0, 0.1) is 6.92 Å². The van der Waals surface area contributed by atoms with Gasteiger partial charge in [0.25, 0.3) is 0 Å². The van der Waals surface area contributed by atoms with Crippen molar-refractivity contribution in [3.8, 4) is 0 Å². The molecular formula is C13H24N2. The van der Waals surface area contributed by atoms with E-state index in [2.05, 4.69) is 30.1 Å². The molecule has 1 heterocycles. The maximum atomic E-state index is 4.09. The van der Waals surface area contributed by atoms with E-state index in [4.69, 9.17) is 0 Å². The molecule has 0 unspecified atom stereocenters.